The lowest BCUT2D eigenvalue weighted by atomic mass is 10.2. The standard InChI is InChI=1S/C11H7N3O2S/c15-10(13-11-14-12-6-17-11)9-5-7-3-1-2-4-8(7)16-9/h1-6H,(H,13,14,15). The highest BCUT2D eigenvalue weighted by molar-refractivity contribution is 7.13. The number of fused-ring (bicyclic) bond motifs is 1. The van der Waals surface area contributed by atoms with Crippen LogP contribution in [-0.4, -0.2) is 16.1 Å². The fraction of sp³-hybridized carbons (Fsp3) is 0. The second-order valence-electron chi connectivity index (χ2n) is 3.35. The number of para-hydroxylation sites is 1. The Kier molecular flexibility index (Phi) is 2.34. The van der Waals surface area contributed by atoms with Crippen LogP contribution in [0.25, 0.3) is 11.0 Å². The molecule has 0 unspecified atom stereocenters. The predicted molar refractivity (Wildman–Crippen MR) is 64.1 cm³/mol. The van der Waals surface area contributed by atoms with Gasteiger partial charge >= 0.3 is 0 Å². The molecule has 0 atom stereocenters. The summed E-state index contributed by atoms with van der Waals surface area (Å²) in [5.74, 6) is -0.0562. The fourth-order valence-corrected chi connectivity index (χ4v) is 1.92. The molecule has 0 aliphatic heterocycles. The highest BCUT2D eigenvalue weighted by atomic mass is 32.1. The molecule has 1 aromatic carbocycles. The number of aromatic nitrogens is 2. The van der Waals surface area contributed by atoms with E-state index in [2.05, 4.69) is 15.5 Å². The Hall–Kier alpha value is -2.21. The average Bonchev–Trinajstić information content (AvgIpc) is 2.96. The summed E-state index contributed by atoms with van der Waals surface area (Å²) < 4.78 is 5.42. The van der Waals surface area contributed by atoms with Crippen molar-refractivity contribution in [2.45, 2.75) is 0 Å². The Morgan fingerprint density at radius 1 is 1.35 bits per heavy atom. The van der Waals surface area contributed by atoms with Gasteiger partial charge in [-0.25, -0.2) is 0 Å². The molecule has 2 aromatic heterocycles. The quantitative estimate of drug-likeness (QED) is 0.753. The minimum absolute atomic E-state index is 0.265. The van der Waals surface area contributed by atoms with Crippen LogP contribution >= 0.6 is 11.3 Å². The number of hydrogen-bond donors (Lipinski definition) is 1. The second-order valence-corrected chi connectivity index (χ2v) is 4.18. The molecular formula is C11H7N3O2S. The van der Waals surface area contributed by atoms with E-state index in [1.165, 1.54) is 11.3 Å². The first kappa shape index (κ1) is 9.98. The highest BCUT2D eigenvalue weighted by Crippen LogP contribution is 2.20. The van der Waals surface area contributed by atoms with Gasteiger partial charge in [-0.15, -0.1) is 10.2 Å². The zero-order chi connectivity index (χ0) is 11.7. The largest absolute Gasteiger partial charge is 0.451 e. The molecule has 0 fully saturated rings. The van der Waals surface area contributed by atoms with Crippen LogP contribution in [0.2, 0.25) is 0 Å². The fourth-order valence-electron chi connectivity index (χ4n) is 1.48. The highest BCUT2D eigenvalue weighted by Gasteiger charge is 2.13. The van der Waals surface area contributed by atoms with E-state index in [-0.39, 0.29) is 11.7 Å². The van der Waals surface area contributed by atoms with Crippen LogP contribution in [0.3, 0.4) is 0 Å². The van der Waals surface area contributed by atoms with E-state index in [1.54, 1.807) is 11.6 Å². The maximum atomic E-state index is 11.8. The predicted octanol–water partition coefficient (Wildman–Crippen LogP) is 2.54. The number of nitrogens with zero attached hydrogens (tertiary/aromatic N) is 2. The lowest BCUT2D eigenvalue weighted by Gasteiger charge is -1.95. The van der Waals surface area contributed by atoms with Crippen molar-refractivity contribution in [3.8, 4) is 0 Å². The van der Waals surface area contributed by atoms with E-state index in [1.807, 2.05) is 24.3 Å². The molecule has 0 saturated heterocycles. The van der Waals surface area contributed by atoms with Gasteiger partial charge < -0.3 is 4.42 Å². The van der Waals surface area contributed by atoms with Crippen LogP contribution in [0, 0.1) is 0 Å². The SMILES string of the molecule is O=C(Nc1nncs1)c1cc2ccccc2o1. The Balaban J connectivity index is 1.90. The minimum Gasteiger partial charge on any atom is -0.451 e. The lowest BCUT2D eigenvalue weighted by molar-refractivity contribution is 0.0998. The molecule has 5 nitrogen and oxygen atoms in total. The van der Waals surface area contributed by atoms with Gasteiger partial charge in [0.25, 0.3) is 5.91 Å². The summed E-state index contributed by atoms with van der Waals surface area (Å²) in [6.45, 7) is 0. The van der Waals surface area contributed by atoms with Crippen LogP contribution in [-0.2, 0) is 0 Å². The Morgan fingerprint density at radius 3 is 3.00 bits per heavy atom. The zero-order valence-corrected chi connectivity index (χ0v) is 9.40. The summed E-state index contributed by atoms with van der Waals surface area (Å²) in [6.07, 6.45) is 0. The molecule has 0 radical (unpaired) electrons. The first-order valence-corrected chi connectivity index (χ1v) is 5.77. The third-order valence-corrected chi connectivity index (χ3v) is 2.84. The number of benzene rings is 1. The number of amides is 1. The van der Waals surface area contributed by atoms with Gasteiger partial charge in [0.05, 0.1) is 0 Å². The summed E-state index contributed by atoms with van der Waals surface area (Å²) in [5.41, 5.74) is 2.24. The summed E-state index contributed by atoms with van der Waals surface area (Å²) in [7, 11) is 0. The van der Waals surface area contributed by atoms with Gasteiger partial charge in [0.15, 0.2) is 5.76 Å². The topological polar surface area (TPSA) is 68.0 Å². The van der Waals surface area contributed by atoms with Gasteiger partial charge in [0.2, 0.25) is 5.13 Å². The van der Waals surface area contributed by atoms with E-state index in [0.29, 0.717) is 10.7 Å². The number of carbonyl (C=O) groups excluding carboxylic acids is 1. The van der Waals surface area contributed by atoms with Crippen molar-refractivity contribution in [1.82, 2.24) is 10.2 Å². The van der Waals surface area contributed by atoms with Crippen molar-refractivity contribution in [1.29, 1.82) is 0 Å². The molecule has 0 aliphatic carbocycles. The van der Waals surface area contributed by atoms with E-state index < -0.39 is 0 Å². The van der Waals surface area contributed by atoms with Gasteiger partial charge in [-0.2, -0.15) is 0 Å². The number of carbonyl (C=O) groups is 1. The number of anilines is 1. The van der Waals surface area contributed by atoms with Crippen molar-refractivity contribution < 1.29 is 9.21 Å². The van der Waals surface area contributed by atoms with Crippen molar-refractivity contribution in [3.63, 3.8) is 0 Å². The minimum atomic E-state index is -0.321. The first-order valence-electron chi connectivity index (χ1n) is 4.89. The van der Waals surface area contributed by atoms with E-state index in [4.69, 9.17) is 4.42 Å². The van der Waals surface area contributed by atoms with Crippen molar-refractivity contribution in [2.75, 3.05) is 5.32 Å². The number of rotatable bonds is 2. The molecule has 0 saturated carbocycles. The third-order valence-electron chi connectivity index (χ3n) is 2.23. The molecular weight excluding hydrogens is 238 g/mol. The molecule has 3 aromatic rings. The molecule has 3 rings (SSSR count). The molecule has 0 aliphatic rings. The molecule has 1 N–H and O–H groups in total. The second kappa shape index (κ2) is 3.99. The maximum absolute atomic E-state index is 11.8. The third kappa shape index (κ3) is 1.90. The summed E-state index contributed by atoms with van der Waals surface area (Å²) in [4.78, 5) is 11.8. The Bertz CT molecular complexity index is 627. The number of hydrogen-bond acceptors (Lipinski definition) is 5. The van der Waals surface area contributed by atoms with Gasteiger partial charge in [-0.1, -0.05) is 29.5 Å². The first-order chi connectivity index (χ1) is 8.33. The molecule has 2 heterocycles. The van der Waals surface area contributed by atoms with E-state index >= 15 is 0 Å². The monoisotopic (exact) mass is 245 g/mol. The summed E-state index contributed by atoms with van der Waals surface area (Å²) in [6, 6.07) is 9.16. The summed E-state index contributed by atoms with van der Waals surface area (Å²) in [5, 5.41) is 11.3. The van der Waals surface area contributed by atoms with Gasteiger partial charge in [0.1, 0.15) is 11.1 Å². The van der Waals surface area contributed by atoms with Crippen LogP contribution in [0.5, 0.6) is 0 Å². The van der Waals surface area contributed by atoms with Gasteiger partial charge in [-0.3, -0.25) is 10.1 Å². The average molecular weight is 245 g/mol. The molecule has 0 bridgehead atoms. The number of nitrogens with one attached hydrogen (secondary N) is 1. The lowest BCUT2D eigenvalue weighted by Crippen LogP contribution is -2.10. The van der Waals surface area contributed by atoms with Crippen LogP contribution in [0.1, 0.15) is 10.6 Å². The summed E-state index contributed by atoms with van der Waals surface area (Å²) >= 11 is 1.26. The Morgan fingerprint density at radius 2 is 2.24 bits per heavy atom. The maximum Gasteiger partial charge on any atom is 0.293 e. The van der Waals surface area contributed by atoms with Crippen molar-refractivity contribution in [3.05, 3.63) is 41.6 Å². The van der Waals surface area contributed by atoms with Crippen LogP contribution in [0.4, 0.5) is 5.13 Å². The smallest absolute Gasteiger partial charge is 0.293 e. The molecule has 6 heteroatoms. The zero-order valence-electron chi connectivity index (χ0n) is 8.58. The normalized spacial score (nSPS) is 10.6. The number of furan rings is 1. The van der Waals surface area contributed by atoms with E-state index in [0.717, 1.165) is 5.39 Å². The van der Waals surface area contributed by atoms with Crippen LogP contribution in [0.15, 0.2) is 40.3 Å². The van der Waals surface area contributed by atoms with Gasteiger partial charge in [0, 0.05) is 5.39 Å². The van der Waals surface area contributed by atoms with Crippen molar-refractivity contribution in [2.24, 2.45) is 0 Å². The van der Waals surface area contributed by atoms with Gasteiger partial charge in [-0.05, 0) is 12.1 Å². The molecule has 84 valence electrons. The molecule has 1 amide bonds. The van der Waals surface area contributed by atoms with E-state index in [9.17, 15) is 4.79 Å². The molecule has 0 spiro atoms. The molecule has 17 heavy (non-hydrogen) atoms. The van der Waals surface area contributed by atoms with Crippen molar-refractivity contribution >= 4 is 33.3 Å². The Labute approximate surface area is 100 Å². The van der Waals surface area contributed by atoms with Crippen LogP contribution < -0.4 is 5.32 Å².